The van der Waals surface area contributed by atoms with Gasteiger partial charge in [-0.05, 0) is 35.0 Å². The Balaban J connectivity index is 1.32. The third-order valence-corrected chi connectivity index (χ3v) is 5.96. The summed E-state index contributed by atoms with van der Waals surface area (Å²) in [6.45, 7) is 4.52. The Bertz CT molecular complexity index is 772. The van der Waals surface area contributed by atoms with Crippen LogP contribution in [0.1, 0.15) is 9.75 Å². The van der Waals surface area contributed by atoms with Crippen molar-refractivity contribution in [3.63, 3.8) is 0 Å². The Morgan fingerprint density at radius 1 is 0.963 bits per heavy atom. The SMILES string of the molecule is O=C(C=Cc1cccs1)NCCN1CCN(C(=O)C=Cc2cccs2)CC1. The largest absolute Gasteiger partial charge is 0.351 e. The van der Waals surface area contributed by atoms with Crippen molar-refractivity contribution in [1.82, 2.24) is 15.1 Å². The normalized spacial score (nSPS) is 15.6. The zero-order valence-electron chi connectivity index (χ0n) is 15.0. The first-order valence-electron chi connectivity index (χ1n) is 8.93. The fourth-order valence-electron chi connectivity index (χ4n) is 2.78. The summed E-state index contributed by atoms with van der Waals surface area (Å²) < 4.78 is 0. The average molecular weight is 402 g/mol. The molecule has 0 spiro atoms. The molecule has 1 fully saturated rings. The number of nitrogens with one attached hydrogen (secondary N) is 1. The molecular weight excluding hydrogens is 378 g/mol. The molecule has 3 rings (SSSR count). The third-order valence-electron chi connectivity index (χ3n) is 4.29. The van der Waals surface area contributed by atoms with E-state index < -0.39 is 0 Å². The molecule has 2 aromatic rings. The smallest absolute Gasteiger partial charge is 0.246 e. The number of thiophene rings is 2. The highest BCUT2D eigenvalue weighted by Crippen LogP contribution is 2.11. The van der Waals surface area contributed by atoms with Gasteiger partial charge >= 0.3 is 0 Å². The van der Waals surface area contributed by atoms with Crippen molar-refractivity contribution in [2.45, 2.75) is 0 Å². The van der Waals surface area contributed by atoms with Crippen LogP contribution in [0.4, 0.5) is 0 Å². The minimum Gasteiger partial charge on any atom is -0.351 e. The Morgan fingerprint density at radius 2 is 1.59 bits per heavy atom. The second-order valence-electron chi connectivity index (χ2n) is 6.16. The van der Waals surface area contributed by atoms with Crippen molar-refractivity contribution < 1.29 is 9.59 Å². The minimum absolute atomic E-state index is 0.0649. The lowest BCUT2D eigenvalue weighted by atomic mass is 10.3. The number of carbonyl (C=O) groups excluding carboxylic acids is 2. The van der Waals surface area contributed by atoms with E-state index in [1.165, 1.54) is 0 Å². The molecule has 1 saturated heterocycles. The summed E-state index contributed by atoms with van der Waals surface area (Å²) >= 11 is 3.23. The molecule has 1 N–H and O–H groups in total. The molecule has 142 valence electrons. The molecule has 27 heavy (non-hydrogen) atoms. The predicted molar refractivity (Wildman–Crippen MR) is 113 cm³/mol. The van der Waals surface area contributed by atoms with E-state index in [1.807, 2.05) is 52.1 Å². The molecule has 7 heteroatoms. The number of rotatable bonds is 7. The summed E-state index contributed by atoms with van der Waals surface area (Å²) in [5, 5.41) is 6.89. The van der Waals surface area contributed by atoms with Crippen molar-refractivity contribution in [2.24, 2.45) is 0 Å². The van der Waals surface area contributed by atoms with E-state index in [-0.39, 0.29) is 11.8 Å². The molecule has 0 radical (unpaired) electrons. The number of hydrogen-bond donors (Lipinski definition) is 1. The number of carbonyl (C=O) groups is 2. The van der Waals surface area contributed by atoms with E-state index in [0.717, 1.165) is 42.5 Å². The van der Waals surface area contributed by atoms with Crippen LogP contribution in [0.25, 0.3) is 12.2 Å². The van der Waals surface area contributed by atoms with E-state index in [4.69, 9.17) is 0 Å². The van der Waals surface area contributed by atoms with Crippen LogP contribution in [0.2, 0.25) is 0 Å². The first-order valence-corrected chi connectivity index (χ1v) is 10.7. The molecule has 2 amide bonds. The van der Waals surface area contributed by atoms with Gasteiger partial charge < -0.3 is 10.2 Å². The molecule has 1 aliphatic rings. The monoisotopic (exact) mass is 401 g/mol. The second-order valence-corrected chi connectivity index (χ2v) is 8.11. The lowest BCUT2D eigenvalue weighted by Gasteiger charge is -2.34. The van der Waals surface area contributed by atoms with Gasteiger partial charge in [-0.2, -0.15) is 0 Å². The van der Waals surface area contributed by atoms with E-state index in [2.05, 4.69) is 10.2 Å². The molecule has 0 aliphatic carbocycles. The van der Waals surface area contributed by atoms with Crippen molar-refractivity contribution in [3.05, 3.63) is 56.9 Å². The fraction of sp³-hybridized carbons (Fsp3) is 0.300. The molecule has 3 heterocycles. The number of amides is 2. The van der Waals surface area contributed by atoms with Crippen LogP contribution in [0, 0.1) is 0 Å². The highest BCUT2D eigenvalue weighted by Gasteiger charge is 2.19. The van der Waals surface area contributed by atoms with Gasteiger partial charge in [0.25, 0.3) is 0 Å². The maximum Gasteiger partial charge on any atom is 0.246 e. The standard InChI is InChI=1S/C20H23N3O2S2/c24-19(7-5-17-3-1-15-26-17)21-9-10-22-11-13-23(14-12-22)20(25)8-6-18-4-2-16-27-18/h1-8,15-16H,9-14H2,(H,21,24). The summed E-state index contributed by atoms with van der Waals surface area (Å²) in [4.78, 5) is 30.4. The van der Waals surface area contributed by atoms with E-state index >= 15 is 0 Å². The predicted octanol–water partition coefficient (Wildman–Crippen LogP) is 2.80. The van der Waals surface area contributed by atoms with Gasteiger partial charge in [0, 0.05) is 61.2 Å². The van der Waals surface area contributed by atoms with Crippen molar-refractivity contribution in [2.75, 3.05) is 39.3 Å². The molecule has 0 bridgehead atoms. The van der Waals surface area contributed by atoms with Gasteiger partial charge in [0.2, 0.25) is 11.8 Å². The van der Waals surface area contributed by atoms with Crippen LogP contribution in [-0.4, -0.2) is 60.9 Å². The Morgan fingerprint density at radius 3 is 2.19 bits per heavy atom. The first kappa shape index (κ1) is 19.5. The van der Waals surface area contributed by atoms with Gasteiger partial charge in [-0.3, -0.25) is 14.5 Å². The molecule has 1 aliphatic heterocycles. The van der Waals surface area contributed by atoms with Gasteiger partial charge in [0.05, 0.1) is 0 Å². The molecule has 0 atom stereocenters. The fourth-order valence-corrected chi connectivity index (χ4v) is 4.01. The van der Waals surface area contributed by atoms with Gasteiger partial charge in [-0.15, -0.1) is 22.7 Å². The molecule has 0 saturated carbocycles. The van der Waals surface area contributed by atoms with Crippen LogP contribution in [0.3, 0.4) is 0 Å². The zero-order chi connectivity index (χ0) is 18.9. The van der Waals surface area contributed by atoms with Gasteiger partial charge in [0.15, 0.2) is 0 Å². The lowest BCUT2D eigenvalue weighted by Crippen LogP contribution is -2.49. The van der Waals surface area contributed by atoms with Crippen LogP contribution in [-0.2, 0) is 9.59 Å². The Labute approximate surface area is 167 Å². The van der Waals surface area contributed by atoms with E-state index in [0.29, 0.717) is 6.54 Å². The number of piperazine rings is 1. The molecule has 5 nitrogen and oxygen atoms in total. The lowest BCUT2D eigenvalue weighted by molar-refractivity contribution is -0.127. The molecule has 2 aromatic heterocycles. The highest BCUT2D eigenvalue weighted by molar-refractivity contribution is 7.11. The number of nitrogens with zero attached hydrogens (tertiary/aromatic N) is 2. The summed E-state index contributed by atoms with van der Waals surface area (Å²) in [6, 6.07) is 7.91. The van der Waals surface area contributed by atoms with Crippen LogP contribution >= 0.6 is 22.7 Å². The summed E-state index contributed by atoms with van der Waals surface area (Å²) in [7, 11) is 0. The Hall–Kier alpha value is -2.22. The van der Waals surface area contributed by atoms with Gasteiger partial charge in [-0.25, -0.2) is 0 Å². The Kier molecular flexibility index (Phi) is 7.38. The maximum atomic E-state index is 12.2. The minimum atomic E-state index is -0.0732. The van der Waals surface area contributed by atoms with Crippen LogP contribution in [0.5, 0.6) is 0 Å². The summed E-state index contributed by atoms with van der Waals surface area (Å²) in [5.41, 5.74) is 0. The first-order chi connectivity index (χ1) is 13.2. The average Bonchev–Trinajstić information content (AvgIpc) is 3.39. The van der Waals surface area contributed by atoms with Crippen molar-refractivity contribution in [3.8, 4) is 0 Å². The molecule has 0 aromatic carbocycles. The van der Waals surface area contributed by atoms with Crippen molar-refractivity contribution >= 4 is 46.6 Å². The highest BCUT2D eigenvalue weighted by atomic mass is 32.1. The molecular formula is C20H23N3O2S2. The third kappa shape index (κ3) is 6.46. The quantitative estimate of drug-likeness (QED) is 0.726. The van der Waals surface area contributed by atoms with Gasteiger partial charge in [0.1, 0.15) is 0 Å². The van der Waals surface area contributed by atoms with Crippen LogP contribution < -0.4 is 5.32 Å². The zero-order valence-corrected chi connectivity index (χ0v) is 16.7. The van der Waals surface area contributed by atoms with Crippen LogP contribution in [0.15, 0.2) is 47.2 Å². The topological polar surface area (TPSA) is 52.7 Å². The summed E-state index contributed by atoms with van der Waals surface area (Å²) in [5.74, 6) is -0.00834. The second kappa shape index (κ2) is 10.2. The maximum absolute atomic E-state index is 12.2. The van der Waals surface area contributed by atoms with Crippen molar-refractivity contribution in [1.29, 1.82) is 0 Å². The molecule has 0 unspecified atom stereocenters. The van der Waals surface area contributed by atoms with Gasteiger partial charge in [-0.1, -0.05) is 12.1 Å². The van der Waals surface area contributed by atoms with E-state index in [9.17, 15) is 9.59 Å². The number of hydrogen-bond acceptors (Lipinski definition) is 5. The summed E-state index contributed by atoms with van der Waals surface area (Å²) in [6.07, 6.45) is 6.93. The van der Waals surface area contributed by atoms with E-state index in [1.54, 1.807) is 34.8 Å².